The van der Waals surface area contributed by atoms with Gasteiger partial charge >= 0.3 is 0 Å². The predicted molar refractivity (Wildman–Crippen MR) is 81.4 cm³/mol. The van der Waals surface area contributed by atoms with Crippen molar-refractivity contribution in [3.63, 3.8) is 0 Å². The number of rotatable bonds is 3. The van der Waals surface area contributed by atoms with Crippen LogP contribution >= 0.6 is 0 Å². The Hall–Kier alpha value is -3.01. The summed E-state index contributed by atoms with van der Waals surface area (Å²) in [5, 5.41) is 0. The van der Waals surface area contributed by atoms with Gasteiger partial charge in [0.1, 0.15) is 5.76 Å². The molecule has 2 aromatic heterocycles. The molecule has 0 N–H and O–H groups in total. The molecule has 0 fully saturated rings. The highest BCUT2D eigenvalue weighted by atomic mass is 16.3. The third-order valence-electron chi connectivity index (χ3n) is 2.84. The highest BCUT2D eigenvalue weighted by Crippen LogP contribution is 2.17. The van der Waals surface area contributed by atoms with Crippen LogP contribution in [0.5, 0.6) is 0 Å². The molecular weight excluding hydrogens is 264 g/mol. The Morgan fingerprint density at radius 2 is 1.86 bits per heavy atom. The molecule has 3 rings (SSSR count). The quantitative estimate of drug-likeness (QED) is 0.736. The highest BCUT2D eigenvalue weighted by molar-refractivity contribution is 5.67. The van der Waals surface area contributed by atoms with Crippen molar-refractivity contribution in [1.29, 1.82) is 0 Å². The molecule has 4 nitrogen and oxygen atoms in total. The van der Waals surface area contributed by atoms with E-state index in [1.54, 1.807) is 18.5 Å². The van der Waals surface area contributed by atoms with E-state index in [1.165, 1.54) is 6.07 Å². The maximum Gasteiger partial charge on any atom is 0.276 e. The number of hydrogen-bond donors (Lipinski definition) is 0. The van der Waals surface area contributed by atoms with Gasteiger partial charge in [-0.3, -0.25) is 9.78 Å². The minimum atomic E-state index is -0.328. The zero-order valence-corrected chi connectivity index (χ0v) is 11.1. The highest BCUT2D eigenvalue weighted by Gasteiger charge is 2.04. The summed E-state index contributed by atoms with van der Waals surface area (Å²) in [7, 11) is 0. The number of benzene rings is 1. The Morgan fingerprint density at radius 1 is 1.00 bits per heavy atom. The molecule has 0 radical (unpaired) electrons. The Labute approximate surface area is 121 Å². The summed E-state index contributed by atoms with van der Waals surface area (Å²) in [6, 6.07) is 14.5. The standard InChI is InChI=1S/C17H12N2O2/c20-16-11-15(9-8-13-5-4-10-18-12-13)21-17(19-16)14-6-2-1-3-7-14/h1-12H/b9-8-. The Bertz CT molecular complexity index is 809. The van der Waals surface area contributed by atoms with Gasteiger partial charge in [-0.25, -0.2) is 0 Å². The first kappa shape index (κ1) is 13.0. The van der Waals surface area contributed by atoms with Crippen molar-refractivity contribution in [2.24, 2.45) is 0 Å². The summed E-state index contributed by atoms with van der Waals surface area (Å²) in [6.07, 6.45) is 7.00. The maximum absolute atomic E-state index is 11.7. The van der Waals surface area contributed by atoms with Gasteiger partial charge in [0.25, 0.3) is 5.56 Å². The van der Waals surface area contributed by atoms with Gasteiger partial charge in [-0.15, -0.1) is 0 Å². The zero-order chi connectivity index (χ0) is 14.5. The summed E-state index contributed by atoms with van der Waals surface area (Å²) in [4.78, 5) is 19.6. The van der Waals surface area contributed by atoms with Crippen LogP contribution in [0.4, 0.5) is 0 Å². The van der Waals surface area contributed by atoms with Gasteiger partial charge in [-0.1, -0.05) is 24.3 Å². The molecule has 1 aromatic carbocycles. The van der Waals surface area contributed by atoms with Crippen molar-refractivity contribution >= 4 is 12.2 Å². The lowest BCUT2D eigenvalue weighted by Crippen LogP contribution is -2.05. The van der Waals surface area contributed by atoms with Gasteiger partial charge in [-0.05, 0) is 35.9 Å². The van der Waals surface area contributed by atoms with E-state index in [0.717, 1.165) is 11.1 Å². The van der Waals surface area contributed by atoms with E-state index < -0.39 is 0 Å². The molecule has 0 amide bonds. The van der Waals surface area contributed by atoms with E-state index in [2.05, 4.69) is 9.97 Å². The van der Waals surface area contributed by atoms with Crippen LogP contribution < -0.4 is 5.56 Å². The van der Waals surface area contributed by atoms with Gasteiger partial charge < -0.3 is 4.42 Å². The first-order chi connectivity index (χ1) is 10.3. The Kier molecular flexibility index (Phi) is 3.69. The monoisotopic (exact) mass is 276 g/mol. The van der Waals surface area contributed by atoms with Crippen molar-refractivity contribution < 1.29 is 4.42 Å². The predicted octanol–water partition coefficient (Wildman–Crippen LogP) is 3.27. The third-order valence-corrected chi connectivity index (χ3v) is 2.84. The lowest BCUT2D eigenvalue weighted by molar-refractivity contribution is 0.532. The number of aromatic nitrogens is 2. The molecule has 0 unspecified atom stereocenters. The molecule has 0 aliphatic rings. The molecule has 0 saturated carbocycles. The van der Waals surface area contributed by atoms with Crippen molar-refractivity contribution in [2.45, 2.75) is 0 Å². The third kappa shape index (κ3) is 3.30. The summed E-state index contributed by atoms with van der Waals surface area (Å²) >= 11 is 0. The molecule has 4 heteroatoms. The average molecular weight is 276 g/mol. The van der Waals surface area contributed by atoms with Crippen LogP contribution in [0, 0.1) is 0 Å². The molecule has 2 heterocycles. The fourth-order valence-corrected chi connectivity index (χ4v) is 1.86. The lowest BCUT2D eigenvalue weighted by Gasteiger charge is -2.00. The van der Waals surface area contributed by atoms with E-state index in [9.17, 15) is 4.79 Å². The van der Waals surface area contributed by atoms with E-state index in [4.69, 9.17) is 4.42 Å². The maximum atomic E-state index is 11.7. The van der Waals surface area contributed by atoms with Crippen molar-refractivity contribution in [1.82, 2.24) is 9.97 Å². The molecule has 0 saturated heterocycles. The Balaban J connectivity index is 1.95. The minimum Gasteiger partial charge on any atom is -0.438 e. The first-order valence-corrected chi connectivity index (χ1v) is 6.47. The number of pyridine rings is 1. The van der Waals surface area contributed by atoms with Gasteiger partial charge in [0, 0.05) is 24.0 Å². The first-order valence-electron chi connectivity index (χ1n) is 6.47. The van der Waals surface area contributed by atoms with Gasteiger partial charge in [0.15, 0.2) is 0 Å². The van der Waals surface area contributed by atoms with Crippen LogP contribution in [0.15, 0.2) is 70.1 Å². The van der Waals surface area contributed by atoms with Gasteiger partial charge in [0.2, 0.25) is 5.89 Å². The van der Waals surface area contributed by atoms with Crippen LogP contribution in [0.25, 0.3) is 23.6 Å². The van der Waals surface area contributed by atoms with Crippen LogP contribution in [-0.2, 0) is 0 Å². The SMILES string of the molecule is O=c1cc(/C=C\c2cccnc2)oc(-c2ccccc2)n1. The van der Waals surface area contributed by atoms with Crippen molar-refractivity contribution in [2.75, 3.05) is 0 Å². The topological polar surface area (TPSA) is 56.0 Å². The van der Waals surface area contributed by atoms with E-state index in [-0.39, 0.29) is 5.56 Å². The fraction of sp³-hybridized carbons (Fsp3) is 0. The van der Waals surface area contributed by atoms with E-state index in [1.807, 2.05) is 48.5 Å². The second-order valence-corrected chi connectivity index (χ2v) is 4.39. The molecule has 21 heavy (non-hydrogen) atoms. The normalized spacial score (nSPS) is 10.9. The van der Waals surface area contributed by atoms with Crippen molar-refractivity contribution in [3.8, 4) is 11.5 Å². The molecule has 0 aliphatic carbocycles. The molecule has 102 valence electrons. The second kappa shape index (κ2) is 5.96. The lowest BCUT2D eigenvalue weighted by atomic mass is 10.2. The second-order valence-electron chi connectivity index (χ2n) is 4.39. The molecule has 3 aromatic rings. The molecule has 0 spiro atoms. The fourth-order valence-electron chi connectivity index (χ4n) is 1.86. The smallest absolute Gasteiger partial charge is 0.276 e. The summed E-state index contributed by atoms with van der Waals surface area (Å²) in [5.41, 5.74) is 1.37. The summed E-state index contributed by atoms with van der Waals surface area (Å²) < 4.78 is 5.65. The molecule has 0 bridgehead atoms. The van der Waals surface area contributed by atoms with Crippen LogP contribution in [0.1, 0.15) is 11.3 Å². The van der Waals surface area contributed by atoms with E-state index in [0.29, 0.717) is 11.7 Å². The number of nitrogens with zero attached hydrogens (tertiary/aromatic N) is 2. The average Bonchev–Trinajstić information content (AvgIpc) is 2.54. The van der Waals surface area contributed by atoms with E-state index >= 15 is 0 Å². The Morgan fingerprint density at radius 3 is 2.62 bits per heavy atom. The molecule has 0 aliphatic heterocycles. The van der Waals surface area contributed by atoms with Crippen molar-refractivity contribution in [3.05, 3.63) is 82.6 Å². The summed E-state index contributed by atoms with van der Waals surface area (Å²) in [6.45, 7) is 0. The van der Waals surface area contributed by atoms with Gasteiger partial charge in [-0.2, -0.15) is 4.98 Å². The molecule has 0 atom stereocenters. The van der Waals surface area contributed by atoms with Gasteiger partial charge in [0.05, 0.1) is 0 Å². The van der Waals surface area contributed by atoms with Crippen LogP contribution in [-0.4, -0.2) is 9.97 Å². The largest absolute Gasteiger partial charge is 0.438 e. The minimum absolute atomic E-state index is 0.314. The zero-order valence-electron chi connectivity index (χ0n) is 11.1. The molecular formula is C17H12N2O2. The van der Waals surface area contributed by atoms with Crippen LogP contribution in [0.3, 0.4) is 0 Å². The summed E-state index contributed by atoms with van der Waals surface area (Å²) in [5.74, 6) is 0.770. The van der Waals surface area contributed by atoms with Crippen LogP contribution in [0.2, 0.25) is 0 Å². The number of hydrogen-bond acceptors (Lipinski definition) is 4.